The lowest BCUT2D eigenvalue weighted by Gasteiger charge is -2.34. The molecular weight excluding hydrogens is 351 g/mol. The van der Waals surface area contributed by atoms with Crippen molar-refractivity contribution in [3.63, 3.8) is 0 Å². The van der Waals surface area contributed by atoms with Gasteiger partial charge in [0.1, 0.15) is 5.82 Å². The number of likely N-dealkylation sites (tertiary alicyclic amines) is 1. The number of nitrogens with one attached hydrogen (secondary N) is 1. The number of carbonyl (C=O) groups is 1. The molecule has 3 rings (SSSR count). The maximum atomic E-state index is 14.2. The van der Waals surface area contributed by atoms with Crippen molar-refractivity contribution in [3.05, 3.63) is 29.6 Å². The fourth-order valence-corrected chi connectivity index (χ4v) is 3.94. The van der Waals surface area contributed by atoms with Crippen molar-refractivity contribution in [2.24, 2.45) is 5.92 Å². The molecule has 0 bridgehead atoms. The zero-order chi connectivity index (χ0) is 18.0. The zero-order valence-electron chi connectivity index (χ0n) is 13.9. The van der Waals surface area contributed by atoms with Gasteiger partial charge in [-0.25, -0.2) is 17.5 Å². The Morgan fingerprint density at radius 1 is 1.32 bits per heavy atom. The first-order valence-corrected chi connectivity index (χ1v) is 9.66. The predicted octanol–water partition coefficient (Wildman–Crippen LogP) is 0.959. The monoisotopic (exact) mass is 372 g/mol. The Labute approximate surface area is 146 Å². The number of halogens is 1. The molecule has 1 aromatic rings. The van der Waals surface area contributed by atoms with Gasteiger partial charge in [0.2, 0.25) is 10.0 Å². The summed E-state index contributed by atoms with van der Waals surface area (Å²) < 4.78 is 51.1. The maximum absolute atomic E-state index is 14.2. The number of benzene rings is 1. The van der Waals surface area contributed by atoms with E-state index in [2.05, 4.69) is 4.72 Å². The summed E-state index contributed by atoms with van der Waals surface area (Å²) in [5.74, 6) is -1.23. The molecule has 138 valence electrons. The summed E-state index contributed by atoms with van der Waals surface area (Å²) in [5, 5.41) is 0. The van der Waals surface area contributed by atoms with Crippen LogP contribution in [-0.2, 0) is 19.5 Å². The van der Waals surface area contributed by atoms with Crippen molar-refractivity contribution in [2.45, 2.75) is 24.0 Å². The highest BCUT2D eigenvalue weighted by molar-refractivity contribution is 7.89. The van der Waals surface area contributed by atoms with Crippen molar-refractivity contribution >= 4 is 15.9 Å². The van der Waals surface area contributed by atoms with E-state index in [1.807, 2.05) is 0 Å². The molecule has 0 saturated carbocycles. The van der Waals surface area contributed by atoms with Gasteiger partial charge in [0.15, 0.2) is 6.29 Å². The smallest absolute Gasteiger partial charge is 0.256 e. The van der Waals surface area contributed by atoms with Gasteiger partial charge in [-0.15, -0.1) is 0 Å². The van der Waals surface area contributed by atoms with E-state index < -0.39 is 21.7 Å². The molecule has 1 unspecified atom stereocenters. The van der Waals surface area contributed by atoms with Gasteiger partial charge < -0.3 is 14.4 Å². The number of sulfonamides is 1. The van der Waals surface area contributed by atoms with Crippen molar-refractivity contribution in [2.75, 3.05) is 33.4 Å². The van der Waals surface area contributed by atoms with Crippen LogP contribution in [0.15, 0.2) is 23.1 Å². The number of piperidine rings is 1. The Hall–Kier alpha value is -1.55. The molecule has 7 nitrogen and oxygen atoms in total. The van der Waals surface area contributed by atoms with E-state index in [0.29, 0.717) is 26.3 Å². The average molecular weight is 372 g/mol. The zero-order valence-corrected chi connectivity index (χ0v) is 14.7. The second-order valence-electron chi connectivity index (χ2n) is 6.11. The van der Waals surface area contributed by atoms with Crippen LogP contribution >= 0.6 is 0 Å². The third-order valence-electron chi connectivity index (χ3n) is 4.52. The standard InChI is InChI=1S/C16H21FN2O5S/c1-18-25(21,22)12-4-5-14(17)13(9-12)15(20)19-6-2-3-11(10-19)16-23-7-8-24-16/h4-5,9,11,16,18H,2-3,6-8,10H2,1H3. The lowest BCUT2D eigenvalue weighted by molar-refractivity contribution is -0.0969. The van der Waals surface area contributed by atoms with Crippen molar-refractivity contribution in [1.82, 2.24) is 9.62 Å². The number of ether oxygens (including phenoxy) is 2. The lowest BCUT2D eigenvalue weighted by atomic mass is 9.96. The molecule has 0 aromatic heterocycles. The summed E-state index contributed by atoms with van der Waals surface area (Å²) >= 11 is 0. The average Bonchev–Trinajstić information content (AvgIpc) is 3.16. The number of hydrogen-bond acceptors (Lipinski definition) is 5. The van der Waals surface area contributed by atoms with Gasteiger partial charge in [0, 0.05) is 19.0 Å². The molecular formula is C16H21FN2O5S. The van der Waals surface area contributed by atoms with E-state index in [1.165, 1.54) is 11.9 Å². The normalized spacial score (nSPS) is 22.3. The molecule has 0 radical (unpaired) electrons. The Morgan fingerprint density at radius 3 is 2.72 bits per heavy atom. The van der Waals surface area contributed by atoms with Gasteiger partial charge in [-0.1, -0.05) is 0 Å². The number of amides is 1. The topological polar surface area (TPSA) is 84.9 Å². The number of nitrogens with zero attached hydrogens (tertiary/aromatic N) is 1. The molecule has 25 heavy (non-hydrogen) atoms. The molecule has 2 aliphatic heterocycles. The minimum atomic E-state index is -3.75. The van der Waals surface area contributed by atoms with Gasteiger partial charge >= 0.3 is 0 Å². The summed E-state index contributed by atoms with van der Waals surface area (Å²) in [4.78, 5) is 14.1. The van der Waals surface area contributed by atoms with Crippen LogP contribution in [0.2, 0.25) is 0 Å². The summed E-state index contributed by atoms with van der Waals surface area (Å²) in [6.45, 7) is 1.96. The summed E-state index contributed by atoms with van der Waals surface area (Å²) in [6.07, 6.45) is 1.29. The fourth-order valence-electron chi connectivity index (χ4n) is 3.19. The minimum Gasteiger partial charge on any atom is -0.350 e. The molecule has 2 aliphatic rings. The second kappa shape index (κ2) is 7.36. The summed E-state index contributed by atoms with van der Waals surface area (Å²) in [5.41, 5.74) is -0.245. The van der Waals surface area contributed by atoms with Crippen LogP contribution in [0.4, 0.5) is 4.39 Å². The van der Waals surface area contributed by atoms with E-state index in [1.54, 1.807) is 0 Å². The van der Waals surface area contributed by atoms with Crippen LogP contribution < -0.4 is 4.72 Å². The van der Waals surface area contributed by atoms with Gasteiger partial charge in [0.05, 0.1) is 23.7 Å². The fraction of sp³-hybridized carbons (Fsp3) is 0.562. The van der Waals surface area contributed by atoms with Crippen LogP contribution in [0.5, 0.6) is 0 Å². The molecule has 2 saturated heterocycles. The number of hydrogen-bond donors (Lipinski definition) is 1. The third-order valence-corrected chi connectivity index (χ3v) is 5.94. The molecule has 1 amide bonds. The highest BCUT2D eigenvalue weighted by atomic mass is 32.2. The van der Waals surface area contributed by atoms with Gasteiger partial charge in [-0.3, -0.25) is 4.79 Å². The molecule has 1 aromatic carbocycles. The highest BCUT2D eigenvalue weighted by Crippen LogP contribution is 2.26. The van der Waals surface area contributed by atoms with Crippen LogP contribution in [0.1, 0.15) is 23.2 Å². The molecule has 2 fully saturated rings. The first-order valence-electron chi connectivity index (χ1n) is 8.18. The van der Waals surface area contributed by atoms with E-state index in [4.69, 9.17) is 9.47 Å². The first-order chi connectivity index (χ1) is 11.9. The molecule has 9 heteroatoms. The summed E-state index contributed by atoms with van der Waals surface area (Å²) in [6, 6.07) is 3.22. The third kappa shape index (κ3) is 3.84. The predicted molar refractivity (Wildman–Crippen MR) is 87.0 cm³/mol. The van der Waals surface area contributed by atoms with Crippen molar-refractivity contribution in [1.29, 1.82) is 0 Å². The first kappa shape index (κ1) is 18.2. The quantitative estimate of drug-likeness (QED) is 0.851. The number of carbonyl (C=O) groups excluding carboxylic acids is 1. The van der Waals surface area contributed by atoms with Crippen LogP contribution in [0.25, 0.3) is 0 Å². The van der Waals surface area contributed by atoms with Crippen molar-refractivity contribution in [3.8, 4) is 0 Å². The van der Waals surface area contributed by atoms with Gasteiger partial charge in [0.25, 0.3) is 5.91 Å². The minimum absolute atomic E-state index is 0.0347. The van der Waals surface area contributed by atoms with Crippen LogP contribution in [0.3, 0.4) is 0 Å². The highest BCUT2D eigenvalue weighted by Gasteiger charge is 2.34. The number of rotatable bonds is 4. The van der Waals surface area contributed by atoms with Crippen LogP contribution in [-0.4, -0.2) is 58.9 Å². The van der Waals surface area contributed by atoms with E-state index in [0.717, 1.165) is 31.0 Å². The Bertz CT molecular complexity index is 749. The lowest BCUT2D eigenvalue weighted by Crippen LogP contribution is -2.44. The van der Waals surface area contributed by atoms with Crippen LogP contribution in [0, 0.1) is 11.7 Å². The van der Waals surface area contributed by atoms with Gasteiger partial charge in [-0.2, -0.15) is 0 Å². The van der Waals surface area contributed by atoms with Gasteiger partial charge in [-0.05, 0) is 38.1 Å². The van der Waals surface area contributed by atoms with E-state index in [-0.39, 0.29) is 22.7 Å². The molecule has 1 atom stereocenters. The Morgan fingerprint density at radius 2 is 2.04 bits per heavy atom. The largest absolute Gasteiger partial charge is 0.350 e. The SMILES string of the molecule is CNS(=O)(=O)c1ccc(F)c(C(=O)N2CCCC(C3OCCO3)C2)c1. The maximum Gasteiger partial charge on any atom is 0.256 e. The van der Waals surface area contributed by atoms with E-state index in [9.17, 15) is 17.6 Å². The summed E-state index contributed by atoms with van der Waals surface area (Å²) in [7, 11) is -2.49. The Kier molecular flexibility index (Phi) is 5.38. The molecule has 0 aliphatic carbocycles. The molecule has 2 heterocycles. The Balaban J connectivity index is 1.81. The van der Waals surface area contributed by atoms with E-state index >= 15 is 0 Å². The molecule has 0 spiro atoms. The van der Waals surface area contributed by atoms with Crippen molar-refractivity contribution < 1.29 is 27.1 Å². The molecule has 1 N–H and O–H groups in total. The second-order valence-corrected chi connectivity index (χ2v) is 8.00.